The minimum atomic E-state index is -0.0935. The molecule has 1 aliphatic rings. The van der Waals surface area contributed by atoms with E-state index in [1.54, 1.807) is 0 Å². The number of ether oxygens (including phenoxy) is 2. The topological polar surface area (TPSA) is 35.5 Å². The predicted molar refractivity (Wildman–Crippen MR) is 49.4 cm³/mol. The zero-order chi connectivity index (χ0) is 9.68. The summed E-state index contributed by atoms with van der Waals surface area (Å²) in [4.78, 5) is 11.1. The van der Waals surface area contributed by atoms with E-state index in [1.165, 1.54) is 0 Å². The maximum atomic E-state index is 11.1. The molecule has 3 nitrogen and oxygen atoms in total. The number of esters is 1. The second-order valence-corrected chi connectivity index (χ2v) is 3.36. The monoisotopic (exact) mass is 186 g/mol. The third-order valence-electron chi connectivity index (χ3n) is 2.15. The van der Waals surface area contributed by atoms with E-state index in [2.05, 4.69) is 6.92 Å². The van der Waals surface area contributed by atoms with Crippen molar-refractivity contribution in [2.75, 3.05) is 13.2 Å². The molecule has 1 rings (SSSR count). The molecule has 1 aliphatic carbocycles. The van der Waals surface area contributed by atoms with Gasteiger partial charge in [-0.3, -0.25) is 4.79 Å². The van der Waals surface area contributed by atoms with Crippen molar-refractivity contribution in [1.82, 2.24) is 0 Å². The summed E-state index contributed by atoms with van der Waals surface area (Å²) in [5.74, 6) is -0.0687. The van der Waals surface area contributed by atoms with Crippen LogP contribution in [-0.4, -0.2) is 25.3 Å². The Morgan fingerprint density at radius 2 is 2.23 bits per heavy atom. The molecule has 0 unspecified atom stereocenters. The molecular weight excluding hydrogens is 168 g/mol. The molecule has 2 atom stereocenters. The quantitative estimate of drug-likeness (QED) is 0.468. The number of carbonyl (C=O) groups excluding carboxylic acids is 1. The Kier molecular flexibility index (Phi) is 4.22. The lowest BCUT2D eigenvalue weighted by molar-refractivity contribution is -0.145. The minimum absolute atomic E-state index is 0.0248. The molecule has 0 amide bonds. The normalized spacial score (nSPS) is 25.7. The summed E-state index contributed by atoms with van der Waals surface area (Å²) in [5.41, 5.74) is 0. The third-order valence-corrected chi connectivity index (χ3v) is 2.15. The molecule has 0 aromatic carbocycles. The van der Waals surface area contributed by atoms with E-state index >= 15 is 0 Å². The van der Waals surface area contributed by atoms with Crippen LogP contribution < -0.4 is 0 Å². The molecule has 0 aromatic heterocycles. The first-order chi connectivity index (χ1) is 6.29. The Labute approximate surface area is 79.4 Å². The molecule has 0 radical (unpaired) electrons. The van der Waals surface area contributed by atoms with Gasteiger partial charge in [-0.2, -0.15) is 0 Å². The fourth-order valence-electron chi connectivity index (χ4n) is 1.23. The summed E-state index contributed by atoms with van der Waals surface area (Å²) in [7, 11) is 0. The molecule has 0 spiro atoms. The van der Waals surface area contributed by atoms with E-state index in [0.29, 0.717) is 6.61 Å². The van der Waals surface area contributed by atoms with Crippen molar-refractivity contribution in [2.24, 2.45) is 5.92 Å². The van der Waals surface area contributed by atoms with Gasteiger partial charge in [-0.1, -0.05) is 13.3 Å². The smallest absolute Gasteiger partial charge is 0.311 e. The molecule has 0 heterocycles. The second-order valence-electron chi connectivity index (χ2n) is 3.36. The molecule has 1 fully saturated rings. The molecule has 3 heteroatoms. The summed E-state index contributed by atoms with van der Waals surface area (Å²) in [5, 5.41) is 0. The fraction of sp³-hybridized carbons (Fsp3) is 0.900. The summed E-state index contributed by atoms with van der Waals surface area (Å²) in [6, 6.07) is 0. The highest BCUT2D eigenvalue weighted by Crippen LogP contribution is 2.34. The maximum absolute atomic E-state index is 11.1. The number of hydrogen-bond donors (Lipinski definition) is 0. The fourth-order valence-corrected chi connectivity index (χ4v) is 1.23. The lowest BCUT2D eigenvalue weighted by Crippen LogP contribution is -2.10. The molecule has 0 N–H and O–H groups in total. The lowest BCUT2D eigenvalue weighted by atomic mass is 10.4. The summed E-state index contributed by atoms with van der Waals surface area (Å²) in [6.45, 7) is 5.19. The number of hydrogen-bond acceptors (Lipinski definition) is 3. The van der Waals surface area contributed by atoms with E-state index in [1.807, 2.05) is 6.92 Å². The van der Waals surface area contributed by atoms with Gasteiger partial charge in [-0.15, -0.1) is 0 Å². The van der Waals surface area contributed by atoms with Crippen molar-refractivity contribution in [3.8, 4) is 0 Å². The van der Waals surface area contributed by atoms with Crippen LogP contribution in [0.3, 0.4) is 0 Å². The highest BCUT2D eigenvalue weighted by molar-refractivity contribution is 5.76. The summed E-state index contributed by atoms with van der Waals surface area (Å²) in [6.07, 6.45) is 3.20. The molecule has 0 aliphatic heterocycles. The highest BCUT2D eigenvalue weighted by Gasteiger charge is 2.45. The van der Waals surface area contributed by atoms with Gasteiger partial charge in [0, 0.05) is 6.61 Å². The Bertz CT molecular complexity index is 168. The van der Waals surface area contributed by atoms with Crippen molar-refractivity contribution >= 4 is 5.97 Å². The minimum Gasteiger partial charge on any atom is -0.466 e. The van der Waals surface area contributed by atoms with Crippen LogP contribution in [-0.2, 0) is 14.3 Å². The van der Waals surface area contributed by atoms with Crippen LogP contribution in [0.2, 0.25) is 0 Å². The van der Waals surface area contributed by atoms with E-state index in [4.69, 9.17) is 9.47 Å². The van der Waals surface area contributed by atoms with Crippen LogP contribution in [0.15, 0.2) is 0 Å². The predicted octanol–water partition coefficient (Wildman–Crippen LogP) is 1.75. The average Bonchev–Trinajstić information content (AvgIpc) is 2.85. The van der Waals surface area contributed by atoms with Gasteiger partial charge >= 0.3 is 5.97 Å². The van der Waals surface area contributed by atoms with Gasteiger partial charge in [0.2, 0.25) is 0 Å². The lowest BCUT2D eigenvalue weighted by Gasteiger charge is -2.02. The molecule has 13 heavy (non-hydrogen) atoms. The number of rotatable bonds is 6. The van der Waals surface area contributed by atoms with Crippen LogP contribution in [0.25, 0.3) is 0 Å². The van der Waals surface area contributed by atoms with Gasteiger partial charge in [-0.25, -0.2) is 0 Å². The average molecular weight is 186 g/mol. The molecule has 1 saturated carbocycles. The molecular formula is C10H18O3. The van der Waals surface area contributed by atoms with E-state index in [9.17, 15) is 4.79 Å². The molecule has 0 bridgehead atoms. The Hall–Kier alpha value is -0.570. The van der Waals surface area contributed by atoms with E-state index in [-0.39, 0.29) is 18.0 Å². The van der Waals surface area contributed by atoms with Crippen LogP contribution in [0, 0.1) is 5.92 Å². The Morgan fingerprint density at radius 3 is 2.85 bits per heavy atom. The van der Waals surface area contributed by atoms with Gasteiger partial charge < -0.3 is 9.47 Å². The number of unbranched alkanes of at least 4 members (excludes halogenated alkanes) is 1. The van der Waals surface area contributed by atoms with Crippen LogP contribution >= 0.6 is 0 Å². The summed E-state index contributed by atoms with van der Waals surface area (Å²) >= 11 is 0. The summed E-state index contributed by atoms with van der Waals surface area (Å²) < 4.78 is 10.4. The zero-order valence-corrected chi connectivity index (χ0v) is 8.41. The first-order valence-corrected chi connectivity index (χ1v) is 5.07. The van der Waals surface area contributed by atoms with Gasteiger partial charge in [0.1, 0.15) is 0 Å². The second kappa shape index (κ2) is 5.22. The standard InChI is InChI=1S/C10H18O3/c1-3-5-6-13-9-7-8(9)10(11)12-4-2/h8-9H,3-7H2,1-2H3/t8-,9-/m1/s1. The molecule has 76 valence electrons. The first-order valence-electron chi connectivity index (χ1n) is 5.07. The van der Waals surface area contributed by atoms with Crippen molar-refractivity contribution in [3.63, 3.8) is 0 Å². The SMILES string of the molecule is CCCCO[C@@H]1C[C@H]1C(=O)OCC. The van der Waals surface area contributed by atoms with Gasteiger partial charge in [0.05, 0.1) is 18.6 Å². The Morgan fingerprint density at radius 1 is 1.46 bits per heavy atom. The number of carbonyl (C=O) groups is 1. The zero-order valence-electron chi connectivity index (χ0n) is 8.41. The molecule has 0 saturated heterocycles. The van der Waals surface area contributed by atoms with Crippen LogP contribution in [0.1, 0.15) is 33.1 Å². The first kappa shape index (κ1) is 10.5. The van der Waals surface area contributed by atoms with Gasteiger partial charge in [-0.05, 0) is 19.8 Å². The van der Waals surface area contributed by atoms with Gasteiger partial charge in [0.15, 0.2) is 0 Å². The van der Waals surface area contributed by atoms with Crippen molar-refractivity contribution in [1.29, 1.82) is 0 Å². The third kappa shape index (κ3) is 3.35. The van der Waals surface area contributed by atoms with E-state index < -0.39 is 0 Å². The Balaban J connectivity index is 2.04. The van der Waals surface area contributed by atoms with Crippen LogP contribution in [0.5, 0.6) is 0 Å². The molecule has 0 aromatic rings. The van der Waals surface area contributed by atoms with E-state index in [0.717, 1.165) is 25.9 Å². The van der Waals surface area contributed by atoms with Crippen LogP contribution in [0.4, 0.5) is 0 Å². The maximum Gasteiger partial charge on any atom is 0.311 e. The van der Waals surface area contributed by atoms with Gasteiger partial charge in [0.25, 0.3) is 0 Å². The van der Waals surface area contributed by atoms with Crippen molar-refractivity contribution in [2.45, 2.75) is 39.2 Å². The highest BCUT2D eigenvalue weighted by atomic mass is 16.5. The van der Waals surface area contributed by atoms with Crippen molar-refractivity contribution < 1.29 is 14.3 Å². The van der Waals surface area contributed by atoms with Crippen molar-refractivity contribution in [3.05, 3.63) is 0 Å². The largest absolute Gasteiger partial charge is 0.466 e.